The Kier molecular flexibility index (Phi) is 4.44. The molecule has 2 fully saturated rings. The van der Waals surface area contributed by atoms with Crippen LogP contribution in [0.2, 0.25) is 0 Å². The van der Waals surface area contributed by atoms with Gasteiger partial charge in [0.05, 0.1) is 23.6 Å². The van der Waals surface area contributed by atoms with Gasteiger partial charge in [0.15, 0.2) is 15.6 Å². The fraction of sp³-hybridized carbons (Fsp3) is 0.714. The Morgan fingerprint density at radius 1 is 1.24 bits per heavy atom. The molecular weight excluding hydrogens is 370 g/mol. The van der Waals surface area contributed by atoms with Gasteiger partial charge in [0.1, 0.15) is 10.6 Å². The number of hydrogen-bond donors (Lipinski definition) is 0. The van der Waals surface area contributed by atoms with Crippen molar-refractivity contribution >= 4 is 25.8 Å². The number of nitrogens with zero attached hydrogens (tertiary/aromatic N) is 3. The fourth-order valence-corrected chi connectivity index (χ4v) is 7.71. The maximum atomic E-state index is 13.1. The van der Waals surface area contributed by atoms with Crippen molar-refractivity contribution in [2.45, 2.75) is 44.2 Å². The molecule has 0 aromatic carbocycles. The molecule has 0 aliphatic carbocycles. The summed E-state index contributed by atoms with van der Waals surface area (Å²) in [7, 11) is -7.39. The lowest BCUT2D eigenvalue weighted by atomic mass is 10.1. The molecule has 2 atom stereocenters. The van der Waals surface area contributed by atoms with Gasteiger partial charge in [-0.2, -0.15) is 4.31 Å². The number of sulfone groups is 1. The van der Waals surface area contributed by atoms with E-state index in [1.165, 1.54) is 23.1 Å². The molecule has 1 amide bonds. The number of rotatable bonds is 3. The van der Waals surface area contributed by atoms with Crippen molar-refractivity contribution in [3.05, 3.63) is 11.5 Å². The molecule has 1 aromatic rings. The number of carbonyl (C=O) groups excluding carboxylic acids is 1. The molecule has 0 N–H and O–H groups in total. The average molecular weight is 391 g/mol. The minimum atomic E-state index is -3.97. The fourth-order valence-electron chi connectivity index (χ4n) is 3.69. The zero-order chi connectivity index (χ0) is 18.6. The Hall–Kier alpha value is -1.46. The molecule has 0 spiro atoms. The monoisotopic (exact) mass is 391 g/mol. The maximum absolute atomic E-state index is 13.1. The van der Waals surface area contributed by atoms with E-state index < -0.39 is 31.9 Å². The Bertz CT molecular complexity index is 885. The Balaban J connectivity index is 2.03. The molecule has 140 valence electrons. The van der Waals surface area contributed by atoms with Gasteiger partial charge in [0.25, 0.3) is 0 Å². The van der Waals surface area contributed by atoms with Gasteiger partial charge in [-0.05, 0) is 13.8 Å². The van der Waals surface area contributed by atoms with Crippen LogP contribution >= 0.6 is 0 Å². The summed E-state index contributed by atoms with van der Waals surface area (Å²) >= 11 is 0. The summed E-state index contributed by atoms with van der Waals surface area (Å²) in [5.41, 5.74) is 0.238. The Morgan fingerprint density at radius 3 is 2.44 bits per heavy atom. The van der Waals surface area contributed by atoms with Crippen LogP contribution in [-0.2, 0) is 24.7 Å². The molecule has 0 unspecified atom stereocenters. The molecular formula is C14H21N3O6S2. The van der Waals surface area contributed by atoms with Crippen LogP contribution in [0.25, 0.3) is 0 Å². The number of sulfonamides is 1. The van der Waals surface area contributed by atoms with Crippen LogP contribution in [0.3, 0.4) is 0 Å². The number of aromatic nitrogens is 1. The number of amides is 1. The van der Waals surface area contributed by atoms with Crippen molar-refractivity contribution in [2.24, 2.45) is 0 Å². The Morgan fingerprint density at radius 2 is 1.88 bits per heavy atom. The summed E-state index contributed by atoms with van der Waals surface area (Å²) in [5, 5.41) is 3.68. The molecule has 25 heavy (non-hydrogen) atoms. The zero-order valence-electron chi connectivity index (χ0n) is 14.3. The summed E-state index contributed by atoms with van der Waals surface area (Å²) in [4.78, 5) is 13.6. The van der Waals surface area contributed by atoms with Gasteiger partial charge in [-0.3, -0.25) is 4.79 Å². The summed E-state index contributed by atoms with van der Waals surface area (Å²) in [5.74, 6) is -0.492. The number of hydrogen-bond acceptors (Lipinski definition) is 7. The van der Waals surface area contributed by atoms with Gasteiger partial charge >= 0.3 is 0 Å². The first kappa shape index (κ1) is 18.3. The molecule has 0 radical (unpaired) electrons. The first-order valence-corrected chi connectivity index (χ1v) is 11.3. The first-order valence-electron chi connectivity index (χ1n) is 8.03. The van der Waals surface area contributed by atoms with Gasteiger partial charge in [-0.15, -0.1) is 0 Å². The van der Waals surface area contributed by atoms with E-state index in [0.29, 0.717) is 0 Å². The lowest BCUT2D eigenvalue weighted by Crippen LogP contribution is -2.61. The standard InChI is InChI=1S/C14H21N3O6S2/c1-4-13(18)16-5-6-17(12-8-24(19,20)7-11(12)16)25(21,22)14-9(2)15-23-10(14)3/h11-12H,4-8H2,1-3H3/t11-,12+/m0/s1. The van der Waals surface area contributed by atoms with Gasteiger partial charge in [-0.1, -0.05) is 12.1 Å². The van der Waals surface area contributed by atoms with Gasteiger partial charge < -0.3 is 9.42 Å². The van der Waals surface area contributed by atoms with E-state index in [1.807, 2.05) is 0 Å². The highest BCUT2D eigenvalue weighted by atomic mass is 32.2. The van der Waals surface area contributed by atoms with Crippen molar-refractivity contribution in [1.82, 2.24) is 14.4 Å². The van der Waals surface area contributed by atoms with Gasteiger partial charge in [-0.25, -0.2) is 16.8 Å². The van der Waals surface area contributed by atoms with Crippen LogP contribution in [0, 0.1) is 13.8 Å². The summed E-state index contributed by atoms with van der Waals surface area (Å²) in [6.45, 7) is 4.96. The smallest absolute Gasteiger partial charge is 0.248 e. The number of carbonyl (C=O) groups is 1. The van der Waals surface area contributed by atoms with Crippen molar-refractivity contribution in [3.8, 4) is 0 Å². The molecule has 0 saturated carbocycles. The minimum absolute atomic E-state index is 0.0224. The first-order chi connectivity index (χ1) is 11.6. The van der Waals surface area contributed by atoms with E-state index in [0.717, 1.165) is 0 Å². The quantitative estimate of drug-likeness (QED) is 0.694. The average Bonchev–Trinajstić information content (AvgIpc) is 3.03. The summed E-state index contributed by atoms with van der Waals surface area (Å²) in [6.07, 6.45) is 0.250. The highest BCUT2D eigenvalue weighted by Crippen LogP contribution is 2.33. The van der Waals surface area contributed by atoms with Crippen LogP contribution in [0.1, 0.15) is 24.8 Å². The minimum Gasteiger partial charge on any atom is -0.360 e. The molecule has 3 rings (SSSR count). The predicted octanol–water partition coefficient (Wildman–Crippen LogP) is -0.300. The third-order valence-electron chi connectivity index (χ3n) is 4.78. The third-order valence-corrected chi connectivity index (χ3v) is 8.65. The molecule has 2 aliphatic rings. The topological polar surface area (TPSA) is 118 Å². The van der Waals surface area contributed by atoms with Gasteiger partial charge in [0, 0.05) is 19.5 Å². The van der Waals surface area contributed by atoms with E-state index >= 15 is 0 Å². The van der Waals surface area contributed by atoms with Crippen LogP contribution in [-0.4, -0.2) is 73.8 Å². The molecule has 11 heteroatoms. The zero-order valence-corrected chi connectivity index (χ0v) is 15.9. The highest BCUT2D eigenvalue weighted by Gasteiger charge is 2.52. The molecule has 1 aromatic heterocycles. The maximum Gasteiger partial charge on any atom is 0.248 e. The van der Waals surface area contributed by atoms with E-state index in [4.69, 9.17) is 4.52 Å². The SMILES string of the molecule is CCC(=O)N1CCN(S(=O)(=O)c2c(C)noc2C)[C@@H]2CS(=O)(=O)C[C@@H]21. The third kappa shape index (κ3) is 2.97. The molecule has 0 bridgehead atoms. The Labute approximate surface area is 146 Å². The van der Waals surface area contributed by atoms with Crippen LogP contribution in [0.15, 0.2) is 9.42 Å². The summed E-state index contributed by atoms with van der Waals surface area (Å²) in [6, 6.07) is -1.44. The predicted molar refractivity (Wildman–Crippen MR) is 88.1 cm³/mol. The van der Waals surface area contributed by atoms with Gasteiger partial charge in [0.2, 0.25) is 15.9 Å². The van der Waals surface area contributed by atoms with E-state index in [-0.39, 0.29) is 53.3 Å². The normalized spacial score (nSPS) is 26.6. The number of aryl methyl sites for hydroxylation is 2. The van der Waals surface area contributed by atoms with Crippen LogP contribution < -0.4 is 0 Å². The van der Waals surface area contributed by atoms with E-state index in [9.17, 15) is 21.6 Å². The van der Waals surface area contributed by atoms with E-state index in [1.54, 1.807) is 6.92 Å². The second-order valence-electron chi connectivity index (χ2n) is 6.42. The second kappa shape index (κ2) is 6.06. The van der Waals surface area contributed by atoms with E-state index in [2.05, 4.69) is 5.16 Å². The molecule has 2 saturated heterocycles. The van der Waals surface area contributed by atoms with Crippen molar-refractivity contribution < 1.29 is 26.2 Å². The summed E-state index contributed by atoms with van der Waals surface area (Å²) < 4.78 is 56.7. The number of piperazine rings is 1. The highest BCUT2D eigenvalue weighted by molar-refractivity contribution is 7.92. The molecule has 3 heterocycles. The molecule has 9 nitrogen and oxygen atoms in total. The largest absolute Gasteiger partial charge is 0.360 e. The lowest BCUT2D eigenvalue weighted by molar-refractivity contribution is -0.135. The lowest BCUT2D eigenvalue weighted by Gasteiger charge is -2.42. The van der Waals surface area contributed by atoms with Crippen LogP contribution in [0.4, 0.5) is 0 Å². The van der Waals surface area contributed by atoms with Crippen LogP contribution in [0.5, 0.6) is 0 Å². The number of fused-ring (bicyclic) bond motifs is 1. The van der Waals surface area contributed by atoms with Crippen molar-refractivity contribution in [1.29, 1.82) is 0 Å². The second-order valence-corrected chi connectivity index (χ2v) is 10.4. The molecule has 2 aliphatic heterocycles. The van der Waals surface area contributed by atoms with Crippen molar-refractivity contribution in [2.75, 3.05) is 24.6 Å². The van der Waals surface area contributed by atoms with Crippen molar-refractivity contribution in [3.63, 3.8) is 0 Å².